The van der Waals surface area contributed by atoms with Crippen molar-refractivity contribution in [1.82, 2.24) is 13.9 Å². The van der Waals surface area contributed by atoms with E-state index in [1.807, 2.05) is 13.8 Å². The summed E-state index contributed by atoms with van der Waals surface area (Å²) in [5.41, 5.74) is 0. The first kappa shape index (κ1) is 13.3. The van der Waals surface area contributed by atoms with Gasteiger partial charge in [-0.15, -0.1) is 0 Å². The fourth-order valence-electron chi connectivity index (χ4n) is 2.67. The Balaban J connectivity index is 2.11. The van der Waals surface area contributed by atoms with Gasteiger partial charge in [-0.2, -0.15) is 17.0 Å². The van der Waals surface area contributed by atoms with Crippen molar-refractivity contribution >= 4 is 10.2 Å². The van der Waals surface area contributed by atoms with Gasteiger partial charge in [0.15, 0.2) is 0 Å². The number of piperazine rings is 1. The first-order valence-corrected chi connectivity index (χ1v) is 7.92. The van der Waals surface area contributed by atoms with Crippen LogP contribution in [0.15, 0.2) is 0 Å². The summed E-state index contributed by atoms with van der Waals surface area (Å²) in [4.78, 5) is 0. The normalized spacial score (nSPS) is 33.8. The Morgan fingerprint density at radius 1 is 1.18 bits per heavy atom. The molecule has 2 atom stereocenters. The molecule has 2 aliphatic rings. The Morgan fingerprint density at radius 2 is 1.94 bits per heavy atom. The predicted octanol–water partition coefficient (Wildman–Crippen LogP) is 0.399. The molecule has 0 aromatic rings. The molecule has 0 bridgehead atoms. The standard InChI is InChI=1S/C11H23N3O2S/c1-10-9-13(8-6-12-10)17(15,16)14-7-4-3-5-11(14)2/h10-12H,3-9H2,1-2H3/t10-,11?/m1/s1. The maximum Gasteiger partial charge on any atom is 0.282 e. The average Bonchev–Trinajstić information content (AvgIpc) is 2.29. The average molecular weight is 261 g/mol. The molecule has 2 rings (SSSR count). The van der Waals surface area contributed by atoms with E-state index in [0.717, 1.165) is 25.8 Å². The van der Waals surface area contributed by atoms with Crippen molar-refractivity contribution in [2.75, 3.05) is 26.2 Å². The van der Waals surface area contributed by atoms with Crippen LogP contribution in [0.25, 0.3) is 0 Å². The maximum absolute atomic E-state index is 12.5. The molecule has 0 spiro atoms. The van der Waals surface area contributed by atoms with Crippen molar-refractivity contribution in [2.24, 2.45) is 0 Å². The Labute approximate surface area is 104 Å². The lowest BCUT2D eigenvalue weighted by Crippen LogP contribution is -2.57. The molecule has 0 amide bonds. The summed E-state index contributed by atoms with van der Waals surface area (Å²) < 4.78 is 28.4. The molecule has 5 nitrogen and oxygen atoms in total. The Bertz CT molecular complexity index is 358. The summed E-state index contributed by atoms with van der Waals surface area (Å²) in [5, 5.41) is 3.27. The Kier molecular flexibility index (Phi) is 4.07. The molecule has 1 unspecified atom stereocenters. The second-order valence-corrected chi connectivity index (χ2v) is 7.06. The second kappa shape index (κ2) is 5.22. The highest BCUT2D eigenvalue weighted by Crippen LogP contribution is 2.22. The fraction of sp³-hybridized carbons (Fsp3) is 1.00. The molecule has 2 fully saturated rings. The number of nitrogens with one attached hydrogen (secondary N) is 1. The number of hydrogen-bond acceptors (Lipinski definition) is 3. The van der Waals surface area contributed by atoms with Crippen molar-refractivity contribution in [2.45, 2.75) is 45.2 Å². The molecule has 2 saturated heterocycles. The zero-order valence-corrected chi connectivity index (χ0v) is 11.5. The van der Waals surface area contributed by atoms with Crippen molar-refractivity contribution in [3.05, 3.63) is 0 Å². The summed E-state index contributed by atoms with van der Waals surface area (Å²) in [5.74, 6) is 0. The highest BCUT2D eigenvalue weighted by molar-refractivity contribution is 7.86. The molecular weight excluding hydrogens is 238 g/mol. The first-order chi connectivity index (χ1) is 8.01. The lowest BCUT2D eigenvalue weighted by Gasteiger charge is -2.39. The predicted molar refractivity (Wildman–Crippen MR) is 68.0 cm³/mol. The van der Waals surface area contributed by atoms with Gasteiger partial charge in [0.2, 0.25) is 0 Å². The van der Waals surface area contributed by atoms with E-state index in [0.29, 0.717) is 19.6 Å². The summed E-state index contributed by atoms with van der Waals surface area (Å²) in [6, 6.07) is 0.401. The number of hydrogen-bond donors (Lipinski definition) is 1. The van der Waals surface area contributed by atoms with Crippen molar-refractivity contribution in [1.29, 1.82) is 0 Å². The molecule has 100 valence electrons. The SMILES string of the molecule is CC1CCCCN1S(=O)(=O)N1CCN[C@H](C)C1. The molecule has 2 aliphatic heterocycles. The number of nitrogens with zero attached hydrogens (tertiary/aromatic N) is 2. The van der Waals surface area contributed by atoms with Crippen LogP contribution in [0.3, 0.4) is 0 Å². The third-order valence-corrected chi connectivity index (χ3v) is 5.82. The van der Waals surface area contributed by atoms with E-state index >= 15 is 0 Å². The van der Waals surface area contributed by atoms with Gasteiger partial charge in [-0.3, -0.25) is 0 Å². The highest BCUT2D eigenvalue weighted by atomic mass is 32.2. The molecule has 17 heavy (non-hydrogen) atoms. The summed E-state index contributed by atoms with van der Waals surface area (Å²) in [6.45, 7) is 6.66. The van der Waals surface area contributed by atoms with Crippen molar-refractivity contribution in [3.63, 3.8) is 0 Å². The summed E-state index contributed by atoms with van der Waals surface area (Å²) >= 11 is 0. The summed E-state index contributed by atoms with van der Waals surface area (Å²) in [6.07, 6.45) is 3.12. The van der Waals surface area contributed by atoms with Gasteiger partial charge < -0.3 is 5.32 Å². The second-order valence-electron chi connectivity index (χ2n) is 5.18. The molecule has 1 N–H and O–H groups in total. The van der Waals surface area contributed by atoms with E-state index in [4.69, 9.17) is 0 Å². The monoisotopic (exact) mass is 261 g/mol. The lowest BCUT2D eigenvalue weighted by atomic mass is 10.1. The largest absolute Gasteiger partial charge is 0.312 e. The van der Waals surface area contributed by atoms with Crippen molar-refractivity contribution in [3.8, 4) is 0 Å². The summed E-state index contributed by atoms with van der Waals surface area (Å²) in [7, 11) is -3.24. The molecule has 0 aromatic carbocycles. The molecule has 0 aromatic heterocycles. The molecular formula is C11H23N3O2S. The van der Waals surface area contributed by atoms with Gasteiger partial charge in [0, 0.05) is 38.3 Å². The van der Waals surface area contributed by atoms with Crippen LogP contribution in [0.2, 0.25) is 0 Å². The number of piperidine rings is 1. The molecule has 0 radical (unpaired) electrons. The van der Waals surface area contributed by atoms with Gasteiger partial charge in [-0.05, 0) is 26.7 Å². The van der Waals surface area contributed by atoms with Gasteiger partial charge >= 0.3 is 0 Å². The van der Waals surface area contributed by atoms with Crippen LogP contribution in [-0.2, 0) is 10.2 Å². The van der Waals surface area contributed by atoms with Gasteiger partial charge in [-0.1, -0.05) is 6.42 Å². The Morgan fingerprint density at radius 3 is 2.59 bits per heavy atom. The molecule has 0 aliphatic carbocycles. The molecule has 0 saturated carbocycles. The van der Waals surface area contributed by atoms with Crippen LogP contribution in [0.5, 0.6) is 0 Å². The van der Waals surface area contributed by atoms with Crippen LogP contribution in [0.1, 0.15) is 33.1 Å². The van der Waals surface area contributed by atoms with Crippen LogP contribution in [0, 0.1) is 0 Å². The van der Waals surface area contributed by atoms with E-state index in [1.165, 1.54) is 0 Å². The first-order valence-electron chi connectivity index (χ1n) is 6.52. The topological polar surface area (TPSA) is 52.7 Å². The smallest absolute Gasteiger partial charge is 0.282 e. The van der Waals surface area contributed by atoms with E-state index in [9.17, 15) is 8.42 Å². The molecule has 6 heteroatoms. The van der Waals surface area contributed by atoms with E-state index in [2.05, 4.69) is 5.32 Å². The van der Waals surface area contributed by atoms with Gasteiger partial charge in [0.1, 0.15) is 0 Å². The number of rotatable bonds is 2. The third kappa shape index (κ3) is 2.81. The zero-order valence-electron chi connectivity index (χ0n) is 10.7. The van der Waals surface area contributed by atoms with Gasteiger partial charge in [-0.25, -0.2) is 0 Å². The molecule has 2 heterocycles. The van der Waals surface area contributed by atoms with E-state index in [-0.39, 0.29) is 12.1 Å². The minimum Gasteiger partial charge on any atom is -0.312 e. The van der Waals surface area contributed by atoms with Gasteiger partial charge in [0.05, 0.1) is 0 Å². The minimum absolute atomic E-state index is 0.152. The van der Waals surface area contributed by atoms with Crippen molar-refractivity contribution < 1.29 is 8.42 Å². The quantitative estimate of drug-likeness (QED) is 0.783. The van der Waals surface area contributed by atoms with Crippen LogP contribution in [-0.4, -0.2) is 55.3 Å². The van der Waals surface area contributed by atoms with Gasteiger partial charge in [0.25, 0.3) is 10.2 Å². The van der Waals surface area contributed by atoms with Crippen LogP contribution in [0.4, 0.5) is 0 Å². The maximum atomic E-state index is 12.5. The van der Waals surface area contributed by atoms with Crippen LogP contribution >= 0.6 is 0 Å². The minimum atomic E-state index is -3.24. The van der Waals surface area contributed by atoms with E-state index < -0.39 is 10.2 Å². The van der Waals surface area contributed by atoms with E-state index in [1.54, 1.807) is 8.61 Å². The lowest BCUT2D eigenvalue weighted by molar-refractivity contribution is 0.228. The van der Waals surface area contributed by atoms with Crippen LogP contribution < -0.4 is 5.32 Å². The highest BCUT2D eigenvalue weighted by Gasteiger charge is 2.35. The fourth-order valence-corrected chi connectivity index (χ4v) is 4.62. The zero-order chi connectivity index (χ0) is 12.5. The third-order valence-electron chi connectivity index (χ3n) is 3.70. The Hall–Kier alpha value is -0.170.